The maximum atomic E-state index is 11.7. The second-order valence-electron chi connectivity index (χ2n) is 4.12. The van der Waals surface area contributed by atoms with Crippen molar-refractivity contribution in [3.05, 3.63) is 47.8 Å². The van der Waals surface area contributed by atoms with Gasteiger partial charge in [-0.15, -0.1) is 0 Å². The van der Waals surface area contributed by atoms with Crippen molar-refractivity contribution in [3.8, 4) is 0 Å². The van der Waals surface area contributed by atoms with Gasteiger partial charge in [0.1, 0.15) is 0 Å². The number of pyridine rings is 1. The molecule has 0 spiro atoms. The minimum Gasteiger partial charge on any atom is -0.355 e. The molecule has 0 atom stereocenters. The summed E-state index contributed by atoms with van der Waals surface area (Å²) in [5.74, 6) is -0.00341. The Morgan fingerprint density at radius 2 is 2.39 bits per heavy atom. The van der Waals surface area contributed by atoms with Gasteiger partial charge in [-0.2, -0.15) is 0 Å². The number of carbonyl (C=O) groups is 1. The van der Waals surface area contributed by atoms with Gasteiger partial charge in [0.25, 0.3) is 0 Å². The Hall–Kier alpha value is -2.17. The highest BCUT2D eigenvalue weighted by molar-refractivity contribution is 5.78. The molecule has 1 amide bonds. The molecule has 0 saturated heterocycles. The molecule has 5 heteroatoms. The highest BCUT2D eigenvalue weighted by atomic mass is 16.1. The highest BCUT2D eigenvalue weighted by Crippen LogP contribution is 2.03. The van der Waals surface area contributed by atoms with Crippen LogP contribution in [0.1, 0.15) is 17.0 Å². The third kappa shape index (κ3) is 3.41. The molecule has 94 valence electrons. The molecule has 18 heavy (non-hydrogen) atoms. The van der Waals surface area contributed by atoms with E-state index in [1.807, 2.05) is 19.1 Å². The number of aromatic amines is 1. The van der Waals surface area contributed by atoms with E-state index in [4.69, 9.17) is 0 Å². The van der Waals surface area contributed by atoms with Crippen LogP contribution in [0.3, 0.4) is 0 Å². The van der Waals surface area contributed by atoms with E-state index in [0.717, 1.165) is 23.4 Å². The Balaban J connectivity index is 1.77. The van der Waals surface area contributed by atoms with Crippen LogP contribution in [0.25, 0.3) is 0 Å². The number of amides is 1. The number of carbonyl (C=O) groups excluding carboxylic acids is 1. The van der Waals surface area contributed by atoms with Crippen molar-refractivity contribution in [1.29, 1.82) is 0 Å². The molecule has 2 aromatic heterocycles. The summed E-state index contributed by atoms with van der Waals surface area (Å²) >= 11 is 0. The second-order valence-corrected chi connectivity index (χ2v) is 4.12. The van der Waals surface area contributed by atoms with Gasteiger partial charge in [-0.25, -0.2) is 4.98 Å². The minimum absolute atomic E-state index is 0.00341. The summed E-state index contributed by atoms with van der Waals surface area (Å²) in [5.41, 5.74) is 2.89. The van der Waals surface area contributed by atoms with Crippen LogP contribution in [0.2, 0.25) is 0 Å². The van der Waals surface area contributed by atoms with Gasteiger partial charge in [0.2, 0.25) is 5.91 Å². The number of hydrogen-bond acceptors (Lipinski definition) is 3. The molecule has 2 heterocycles. The Bertz CT molecular complexity index is 507. The Kier molecular flexibility index (Phi) is 4.06. The summed E-state index contributed by atoms with van der Waals surface area (Å²) < 4.78 is 0. The number of nitrogens with one attached hydrogen (secondary N) is 2. The second kappa shape index (κ2) is 5.95. The fourth-order valence-corrected chi connectivity index (χ4v) is 1.68. The number of aryl methyl sites for hydroxylation is 1. The molecular weight excluding hydrogens is 228 g/mol. The van der Waals surface area contributed by atoms with Gasteiger partial charge < -0.3 is 10.3 Å². The van der Waals surface area contributed by atoms with Crippen LogP contribution in [-0.4, -0.2) is 27.4 Å². The zero-order valence-electron chi connectivity index (χ0n) is 10.3. The molecule has 0 saturated carbocycles. The fraction of sp³-hybridized carbons (Fsp3) is 0.308. The standard InChI is InChI=1S/C13H16N4O/c1-10-3-2-5-15-12(10)7-13(18)16-6-4-11-8-14-9-17-11/h2-3,5,8-9H,4,6-7H2,1H3,(H,14,17)(H,16,18). The summed E-state index contributed by atoms with van der Waals surface area (Å²) in [6, 6.07) is 3.83. The molecule has 0 fully saturated rings. The quantitative estimate of drug-likeness (QED) is 0.824. The lowest BCUT2D eigenvalue weighted by atomic mass is 10.1. The molecule has 0 bridgehead atoms. The van der Waals surface area contributed by atoms with Crippen LogP contribution in [0.5, 0.6) is 0 Å². The highest BCUT2D eigenvalue weighted by Gasteiger charge is 2.06. The minimum atomic E-state index is -0.00341. The zero-order chi connectivity index (χ0) is 12.8. The first kappa shape index (κ1) is 12.3. The van der Waals surface area contributed by atoms with Gasteiger partial charge in [-0.3, -0.25) is 9.78 Å². The lowest BCUT2D eigenvalue weighted by Crippen LogP contribution is -2.27. The van der Waals surface area contributed by atoms with E-state index in [2.05, 4.69) is 20.3 Å². The molecule has 0 aliphatic carbocycles. The van der Waals surface area contributed by atoms with E-state index >= 15 is 0 Å². The first-order chi connectivity index (χ1) is 8.75. The van der Waals surface area contributed by atoms with Crippen molar-refractivity contribution in [3.63, 3.8) is 0 Å². The molecule has 2 aromatic rings. The Morgan fingerprint density at radius 3 is 3.11 bits per heavy atom. The molecule has 2 N–H and O–H groups in total. The van der Waals surface area contributed by atoms with Crippen LogP contribution in [0, 0.1) is 6.92 Å². The molecule has 0 radical (unpaired) electrons. The predicted octanol–water partition coefficient (Wildman–Crippen LogP) is 1.01. The largest absolute Gasteiger partial charge is 0.355 e. The van der Waals surface area contributed by atoms with Crippen molar-refractivity contribution in [2.45, 2.75) is 19.8 Å². The molecule has 0 unspecified atom stereocenters. The molecule has 0 aliphatic rings. The Morgan fingerprint density at radius 1 is 1.50 bits per heavy atom. The summed E-state index contributed by atoms with van der Waals surface area (Å²) in [6.45, 7) is 2.56. The van der Waals surface area contributed by atoms with Gasteiger partial charge >= 0.3 is 0 Å². The lowest BCUT2D eigenvalue weighted by Gasteiger charge is -2.05. The molecule has 5 nitrogen and oxygen atoms in total. The van der Waals surface area contributed by atoms with Gasteiger partial charge in [0, 0.05) is 31.1 Å². The smallest absolute Gasteiger partial charge is 0.226 e. The summed E-state index contributed by atoms with van der Waals surface area (Å²) in [7, 11) is 0. The third-order valence-electron chi connectivity index (χ3n) is 2.72. The molecular formula is C13H16N4O. The number of rotatable bonds is 5. The number of nitrogens with zero attached hydrogens (tertiary/aromatic N) is 2. The van der Waals surface area contributed by atoms with Crippen molar-refractivity contribution in [2.75, 3.05) is 6.54 Å². The van der Waals surface area contributed by atoms with Crippen molar-refractivity contribution in [2.24, 2.45) is 0 Å². The number of hydrogen-bond donors (Lipinski definition) is 2. The van der Waals surface area contributed by atoms with E-state index < -0.39 is 0 Å². The maximum Gasteiger partial charge on any atom is 0.226 e. The summed E-state index contributed by atoms with van der Waals surface area (Å²) in [6.07, 6.45) is 6.19. The van der Waals surface area contributed by atoms with Crippen LogP contribution < -0.4 is 5.32 Å². The van der Waals surface area contributed by atoms with E-state index in [1.165, 1.54) is 0 Å². The van der Waals surface area contributed by atoms with Crippen molar-refractivity contribution >= 4 is 5.91 Å². The normalized spacial score (nSPS) is 10.3. The third-order valence-corrected chi connectivity index (χ3v) is 2.72. The number of H-pyrrole nitrogens is 1. The summed E-state index contributed by atoms with van der Waals surface area (Å²) in [4.78, 5) is 22.8. The van der Waals surface area contributed by atoms with Crippen LogP contribution >= 0.6 is 0 Å². The van der Waals surface area contributed by atoms with Gasteiger partial charge in [-0.05, 0) is 18.6 Å². The monoisotopic (exact) mass is 244 g/mol. The maximum absolute atomic E-state index is 11.7. The average molecular weight is 244 g/mol. The van der Waals surface area contributed by atoms with Gasteiger partial charge in [0.05, 0.1) is 18.4 Å². The van der Waals surface area contributed by atoms with Crippen LogP contribution in [0.4, 0.5) is 0 Å². The van der Waals surface area contributed by atoms with E-state index in [-0.39, 0.29) is 5.91 Å². The van der Waals surface area contributed by atoms with E-state index in [0.29, 0.717) is 13.0 Å². The van der Waals surface area contributed by atoms with Crippen molar-refractivity contribution < 1.29 is 4.79 Å². The Labute approximate surface area is 106 Å². The number of imidazole rings is 1. The van der Waals surface area contributed by atoms with E-state index in [1.54, 1.807) is 18.7 Å². The zero-order valence-corrected chi connectivity index (χ0v) is 10.3. The lowest BCUT2D eigenvalue weighted by molar-refractivity contribution is -0.120. The molecule has 0 aromatic carbocycles. The SMILES string of the molecule is Cc1cccnc1CC(=O)NCCc1cnc[nH]1. The molecule has 0 aliphatic heterocycles. The number of aromatic nitrogens is 3. The first-order valence-electron chi connectivity index (χ1n) is 5.90. The predicted molar refractivity (Wildman–Crippen MR) is 68.0 cm³/mol. The van der Waals surface area contributed by atoms with Gasteiger partial charge in [-0.1, -0.05) is 6.07 Å². The topological polar surface area (TPSA) is 70.7 Å². The van der Waals surface area contributed by atoms with Crippen LogP contribution in [0.15, 0.2) is 30.9 Å². The summed E-state index contributed by atoms with van der Waals surface area (Å²) in [5, 5.41) is 2.87. The van der Waals surface area contributed by atoms with Crippen LogP contribution in [-0.2, 0) is 17.6 Å². The van der Waals surface area contributed by atoms with Gasteiger partial charge in [0.15, 0.2) is 0 Å². The van der Waals surface area contributed by atoms with Crippen molar-refractivity contribution in [1.82, 2.24) is 20.3 Å². The molecule has 2 rings (SSSR count). The first-order valence-corrected chi connectivity index (χ1v) is 5.90. The fourth-order valence-electron chi connectivity index (χ4n) is 1.68. The average Bonchev–Trinajstić information content (AvgIpc) is 2.85. The van der Waals surface area contributed by atoms with E-state index in [9.17, 15) is 4.79 Å².